The lowest BCUT2D eigenvalue weighted by molar-refractivity contribution is 0.364. The Morgan fingerprint density at radius 1 is 1.09 bits per heavy atom. The van der Waals surface area contributed by atoms with Crippen LogP contribution >= 0.6 is 0 Å². The molecule has 2 atom stereocenters. The van der Waals surface area contributed by atoms with E-state index in [9.17, 15) is 17.6 Å². The van der Waals surface area contributed by atoms with Gasteiger partial charge < -0.3 is 0 Å². The van der Waals surface area contributed by atoms with Gasteiger partial charge in [-0.25, -0.2) is 0 Å². The summed E-state index contributed by atoms with van der Waals surface area (Å²) in [6, 6.07) is 0. The van der Waals surface area contributed by atoms with Gasteiger partial charge in [-0.3, -0.25) is 5.43 Å². The number of anilines is 1. The van der Waals surface area contributed by atoms with Crippen molar-refractivity contribution in [2.75, 3.05) is 5.43 Å². The van der Waals surface area contributed by atoms with Gasteiger partial charge in [-0.1, -0.05) is 20.8 Å². The smallest absolute Gasteiger partial charge is 0.254 e. The van der Waals surface area contributed by atoms with Crippen LogP contribution < -0.4 is 5.43 Å². The molecule has 1 aliphatic rings. The average molecular weight is 317 g/mol. The fourth-order valence-electron chi connectivity index (χ4n) is 2.80. The third kappa shape index (κ3) is 3.39. The van der Waals surface area contributed by atoms with Gasteiger partial charge in [0, 0.05) is 11.6 Å². The van der Waals surface area contributed by atoms with Crippen LogP contribution in [-0.4, -0.2) is 10.7 Å². The highest BCUT2D eigenvalue weighted by atomic mass is 19.2. The summed E-state index contributed by atoms with van der Waals surface area (Å²) in [4.78, 5) is 2.51. The Bertz CT molecular complexity index is 560. The Hall–Kier alpha value is -1.66. The van der Waals surface area contributed by atoms with Crippen LogP contribution in [0.4, 0.5) is 23.2 Å². The zero-order valence-corrected chi connectivity index (χ0v) is 12.8. The number of aromatic nitrogens is 1. The highest BCUT2D eigenvalue weighted by Crippen LogP contribution is 2.32. The van der Waals surface area contributed by atoms with E-state index in [4.69, 9.17) is 0 Å². The fraction of sp³-hybridized carbons (Fsp3) is 0.600. The number of nitrogens with zero attached hydrogens (tertiary/aromatic N) is 2. The highest BCUT2D eigenvalue weighted by Gasteiger charge is 2.28. The predicted octanol–water partition coefficient (Wildman–Crippen LogP) is 4.50. The van der Waals surface area contributed by atoms with E-state index >= 15 is 0 Å². The minimum atomic E-state index is -1.70. The molecule has 0 radical (unpaired) electrons. The molecule has 0 aliphatic heterocycles. The molecule has 0 saturated heterocycles. The molecule has 3 nitrogen and oxygen atoms in total. The van der Waals surface area contributed by atoms with Crippen LogP contribution in [0.5, 0.6) is 0 Å². The Morgan fingerprint density at radius 3 is 2.23 bits per heavy atom. The lowest BCUT2D eigenvalue weighted by Gasteiger charge is -2.30. The number of halogens is 4. The third-order valence-corrected chi connectivity index (χ3v) is 4.07. The van der Waals surface area contributed by atoms with Crippen molar-refractivity contribution in [3.05, 3.63) is 23.5 Å². The van der Waals surface area contributed by atoms with E-state index in [0.29, 0.717) is 18.3 Å². The highest BCUT2D eigenvalue weighted by molar-refractivity contribution is 5.88. The summed E-state index contributed by atoms with van der Waals surface area (Å²) in [7, 11) is 0. The first-order chi connectivity index (χ1) is 10.3. The van der Waals surface area contributed by atoms with Crippen LogP contribution in [0.2, 0.25) is 0 Å². The normalized spacial score (nSPS) is 24.1. The van der Waals surface area contributed by atoms with Crippen molar-refractivity contribution < 1.29 is 17.6 Å². The quantitative estimate of drug-likeness (QED) is 0.506. The lowest BCUT2D eigenvalue weighted by Crippen LogP contribution is -2.28. The number of hydrazone groups is 1. The second-order valence-corrected chi connectivity index (χ2v) is 6.15. The zero-order valence-electron chi connectivity index (χ0n) is 12.8. The van der Waals surface area contributed by atoms with Gasteiger partial charge in [-0.2, -0.15) is 27.6 Å². The van der Waals surface area contributed by atoms with E-state index in [0.717, 1.165) is 18.6 Å². The second-order valence-electron chi connectivity index (χ2n) is 6.15. The van der Waals surface area contributed by atoms with Gasteiger partial charge >= 0.3 is 0 Å². The molecule has 1 aromatic rings. The first kappa shape index (κ1) is 16.7. The summed E-state index contributed by atoms with van der Waals surface area (Å²) < 4.78 is 53.2. The Labute approximate surface area is 126 Å². The molecule has 1 N–H and O–H groups in total. The van der Waals surface area contributed by atoms with Crippen molar-refractivity contribution in [2.45, 2.75) is 40.0 Å². The van der Waals surface area contributed by atoms with Crippen molar-refractivity contribution in [1.82, 2.24) is 4.98 Å². The average Bonchev–Trinajstić information content (AvgIpc) is 2.45. The van der Waals surface area contributed by atoms with E-state index in [1.54, 1.807) is 0 Å². The van der Waals surface area contributed by atoms with Gasteiger partial charge in [0.1, 0.15) is 5.69 Å². The molecule has 0 unspecified atom stereocenters. The van der Waals surface area contributed by atoms with E-state index in [-0.39, 0.29) is 5.92 Å². The largest absolute Gasteiger partial charge is 0.272 e. The minimum Gasteiger partial charge on any atom is -0.272 e. The van der Waals surface area contributed by atoms with Crippen LogP contribution in [0, 0.1) is 41.3 Å². The number of rotatable bonds is 3. The zero-order chi connectivity index (χ0) is 16.4. The summed E-state index contributed by atoms with van der Waals surface area (Å²) in [5.74, 6) is -5.62. The monoisotopic (exact) mass is 317 g/mol. The summed E-state index contributed by atoms with van der Waals surface area (Å²) in [5.41, 5.74) is 1.98. The van der Waals surface area contributed by atoms with Gasteiger partial charge in [0.25, 0.3) is 11.9 Å². The molecule has 22 heavy (non-hydrogen) atoms. The van der Waals surface area contributed by atoms with E-state index in [1.807, 2.05) is 13.8 Å². The van der Waals surface area contributed by atoms with E-state index < -0.39 is 29.2 Å². The maximum absolute atomic E-state index is 13.6. The van der Waals surface area contributed by atoms with Gasteiger partial charge in [0.2, 0.25) is 11.6 Å². The standard InChI is InChI=1S/C15H19F4N3/c1-7(2)9-5-4-8(3)6-10(9)21-22-13-11(16)14(18)20-15(19)12(13)17/h7-9H,4-6H2,1-3H3,(H,20,22)/b21-10-/t8-,9+/m1/s1. The molecule has 7 heteroatoms. The van der Waals surface area contributed by atoms with Crippen molar-refractivity contribution >= 4 is 11.4 Å². The molecular formula is C15H19F4N3. The van der Waals surface area contributed by atoms with Gasteiger partial charge in [0.15, 0.2) is 0 Å². The number of pyridine rings is 1. The Kier molecular flexibility index (Phi) is 5.03. The first-order valence-electron chi connectivity index (χ1n) is 7.33. The first-order valence-corrected chi connectivity index (χ1v) is 7.33. The van der Waals surface area contributed by atoms with Crippen LogP contribution in [0.3, 0.4) is 0 Å². The van der Waals surface area contributed by atoms with Gasteiger partial charge in [-0.05, 0) is 31.1 Å². The summed E-state index contributed by atoms with van der Waals surface area (Å²) >= 11 is 0. The third-order valence-electron chi connectivity index (χ3n) is 4.07. The molecule has 0 aromatic carbocycles. The van der Waals surface area contributed by atoms with E-state index in [1.165, 1.54) is 0 Å². The Balaban J connectivity index is 2.30. The Morgan fingerprint density at radius 2 is 1.68 bits per heavy atom. The number of hydrogen-bond donors (Lipinski definition) is 1. The van der Waals surface area contributed by atoms with Crippen LogP contribution in [0.1, 0.15) is 40.0 Å². The molecule has 1 fully saturated rings. The SMILES string of the molecule is CC(C)[C@@H]1CC[C@@H](C)C/C1=N/Nc1c(F)c(F)nc(F)c1F. The lowest BCUT2D eigenvalue weighted by atomic mass is 9.76. The number of hydrogen-bond acceptors (Lipinski definition) is 3. The topological polar surface area (TPSA) is 37.3 Å². The van der Waals surface area contributed by atoms with Crippen molar-refractivity contribution in [1.29, 1.82) is 0 Å². The molecule has 1 aliphatic carbocycles. The molecule has 0 spiro atoms. The summed E-state index contributed by atoms with van der Waals surface area (Å²) in [5, 5.41) is 4.04. The summed E-state index contributed by atoms with van der Waals surface area (Å²) in [6.45, 7) is 6.16. The van der Waals surface area contributed by atoms with Crippen LogP contribution in [0.25, 0.3) is 0 Å². The maximum Gasteiger partial charge on any atom is 0.254 e. The molecule has 0 amide bonds. The number of nitrogens with one attached hydrogen (secondary N) is 1. The van der Waals surface area contributed by atoms with Crippen molar-refractivity contribution in [3.8, 4) is 0 Å². The molecular weight excluding hydrogens is 298 g/mol. The van der Waals surface area contributed by atoms with E-state index in [2.05, 4.69) is 22.4 Å². The van der Waals surface area contributed by atoms with Gasteiger partial charge in [0.05, 0.1) is 0 Å². The van der Waals surface area contributed by atoms with Crippen LogP contribution in [-0.2, 0) is 0 Å². The fourth-order valence-corrected chi connectivity index (χ4v) is 2.80. The summed E-state index contributed by atoms with van der Waals surface area (Å²) in [6.07, 6.45) is 2.68. The van der Waals surface area contributed by atoms with Crippen molar-refractivity contribution in [2.24, 2.45) is 22.9 Å². The van der Waals surface area contributed by atoms with Crippen LogP contribution in [0.15, 0.2) is 5.10 Å². The molecule has 0 bridgehead atoms. The predicted molar refractivity (Wildman–Crippen MR) is 76.5 cm³/mol. The molecule has 1 aromatic heterocycles. The maximum atomic E-state index is 13.6. The minimum absolute atomic E-state index is 0.186. The molecule has 122 valence electrons. The molecule has 1 heterocycles. The molecule has 2 rings (SSSR count). The van der Waals surface area contributed by atoms with Crippen molar-refractivity contribution in [3.63, 3.8) is 0 Å². The van der Waals surface area contributed by atoms with Gasteiger partial charge in [-0.15, -0.1) is 0 Å². The second kappa shape index (κ2) is 6.62. The molecule has 1 saturated carbocycles.